The molecule has 33 heavy (non-hydrogen) atoms. The summed E-state index contributed by atoms with van der Waals surface area (Å²) in [6.45, 7) is 4.71. The minimum absolute atomic E-state index is 0.303. The molecule has 1 fully saturated rings. The molecule has 0 aromatic heterocycles. The molecule has 3 amide bonds. The number of anilines is 1. The van der Waals surface area contributed by atoms with Gasteiger partial charge in [-0.1, -0.05) is 32.0 Å². The number of carbonyl (C=O) groups is 3. The van der Waals surface area contributed by atoms with Crippen LogP contribution < -0.4 is 16.4 Å². The number of likely N-dealkylation sites (tertiary alicyclic amines) is 1. The summed E-state index contributed by atoms with van der Waals surface area (Å²) >= 11 is 0. The van der Waals surface area contributed by atoms with Crippen molar-refractivity contribution in [2.24, 2.45) is 11.7 Å². The van der Waals surface area contributed by atoms with Gasteiger partial charge in [-0.15, -0.1) is 0 Å². The van der Waals surface area contributed by atoms with Crippen LogP contribution in [-0.2, 0) is 16.1 Å². The van der Waals surface area contributed by atoms with Crippen LogP contribution in [0.25, 0.3) is 0 Å². The molecule has 1 saturated heterocycles. The molecule has 1 heterocycles. The number of nitrogens with zero attached hydrogens (tertiary/aromatic N) is 1. The smallest absolute Gasteiger partial charge is 0.257 e. The van der Waals surface area contributed by atoms with Gasteiger partial charge in [0, 0.05) is 12.2 Å². The van der Waals surface area contributed by atoms with E-state index in [1.165, 1.54) is 0 Å². The Bertz CT molecular complexity index is 1020. The van der Waals surface area contributed by atoms with E-state index in [0.717, 1.165) is 43.1 Å². The molecule has 0 bridgehead atoms. The van der Waals surface area contributed by atoms with E-state index < -0.39 is 35.1 Å². The SMILES string of the molecule is CC(C)[C@H](NC(=O)c1c(F)cccc1F)C(=O)Nc1cccc(CN2CCCC2C(N)=O)c1. The Labute approximate surface area is 191 Å². The molecule has 2 aromatic rings. The van der Waals surface area contributed by atoms with E-state index in [2.05, 4.69) is 10.6 Å². The third kappa shape index (κ3) is 5.92. The highest BCUT2D eigenvalue weighted by Crippen LogP contribution is 2.21. The van der Waals surface area contributed by atoms with Gasteiger partial charge in [-0.25, -0.2) is 8.78 Å². The molecular formula is C24H28F2N4O3. The highest BCUT2D eigenvalue weighted by Gasteiger charge is 2.29. The van der Waals surface area contributed by atoms with Gasteiger partial charge >= 0.3 is 0 Å². The van der Waals surface area contributed by atoms with E-state index in [1.54, 1.807) is 32.0 Å². The van der Waals surface area contributed by atoms with Crippen LogP contribution in [0.2, 0.25) is 0 Å². The van der Waals surface area contributed by atoms with E-state index >= 15 is 0 Å². The van der Waals surface area contributed by atoms with Crippen LogP contribution in [0.1, 0.15) is 42.6 Å². The number of rotatable bonds is 8. The minimum Gasteiger partial charge on any atom is -0.368 e. The summed E-state index contributed by atoms with van der Waals surface area (Å²) in [5.41, 5.74) is 6.14. The van der Waals surface area contributed by atoms with Crippen molar-refractivity contribution in [3.8, 4) is 0 Å². The van der Waals surface area contributed by atoms with Crippen molar-refractivity contribution in [2.75, 3.05) is 11.9 Å². The van der Waals surface area contributed by atoms with Crippen LogP contribution >= 0.6 is 0 Å². The molecule has 176 valence electrons. The predicted octanol–water partition coefficient (Wildman–Crippen LogP) is 2.81. The van der Waals surface area contributed by atoms with Crippen molar-refractivity contribution in [3.05, 3.63) is 65.2 Å². The summed E-state index contributed by atoms with van der Waals surface area (Å²) in [7, 11) is 0. The Kier molecular flexibility index (Phi) is 7.75. The van der Waals surface area contributed by atoms with Gasteiger partial charge in [0.15, 0.2) is 0 Å². The summed E-state index contributed by atoms with van der Waals surface area (Å²) < 4.78 is 27.9. The molecule has 0 saturated carbocycles. The first-order valence-corrected chi connectivity index (χ1v) is 10.9. The van der Waals surface area contributed by atoms with Crippen molar-refractivity contribution in [2.45, 2.75) is 45.3 Å². The highest BCUT2D eigenvalue weighted by atomic mass is 19.1. The Balaban J connectivity index is 1.70. The van der Waals surface area contributed by atoms with Gasteiger partial charge < -0.3 is 16.4 Å². The Hall–Kier alpha value is -3.33. The Morgan fingerprint density at radius 1 is 1.12 bits per heavy atom. The van der Waals surface area contributed by atoms with Crippen LogP contribution in [0.5, 0.6) is 0 Å². The van der Waals surface area contributed by atoms with Gasteiger partial charge in [-0.2, -0.15) is 0 Å². The summed E-state index contributed by atoms with van der Waals surface area (Å²) in [5, 5.41) is 5.19. The minimum atomic E-state index is -1.02. The molecule has 1 aliphatic heterocycles. The normalized spacial score (nSPS) is 17.1. The van der Waals surface area contributed by atoms with Crippen molar-refractivity contribution in [3.63, 3.8) is 0 Å². The first kappa shape index (κ1) is 24.3. The van der Waals surface area contributed by atoms with Crippen LogP contribution in [0.4, 0.5) is 14.5 Å². The van der Waals surface area contributed by atoms with Gasteiger partial charge in [0.25, 0.3) is 5.91 Å². The first-order valence-electron chi connectivity index (χ1n) is 10.9. The number of hydrogen-bond acceptors (Lipinski definition) is 4. The monoisotopic (exact) mass is 458 g/mol. The predicted molar refractivity (Wildman–Crippen MR) is 120 cm³/mol. The average molecular weight is 459 g/mol. The number of halogens is 2. The van der Waals surface area contributed by atoms with E-state index in [9.17, 15) is 23.2 Å². The summed E-state index contributed by atoms with van der Waals surface area (Å²) in [6, 6.07) is 8.95. The number of nitrogens with one attached hydrogen (secondary N) is 2. The van der Waals surface area contributed by atoms with E-state index in [4.69, 9.17) is 5.73 Å². The lowest BCUT2D eigenvalue weighted by molar-refractivity contribution is -0.122. The summed E-state index contributed by atoms with van der Waals surface area (Å²) in [5.74, 6) is -4.20. The lowest BCUT2D eigenvalue weighted by Crippen LogP contribution is -2.47. The maximum atomic E-state index is 14.0. The van der Waals surface area contributed by atoms with E-state index in [1.807, 2.05) is 11.0 Å². The fraction of sp³-hybridized carbons (Fsp3) is 0.375. The number of hydrogen-bond donors (Lipinski definition) is 3. The summed E-state index contributed by atoms with van der Waals surface area (Å²) in [4.78, 5) is 39.0. The molecule has 0 spiro atoms. The molecule has 9 heteroatoms. The fourth-order valence-corrected chi connectivity index (χ4v) is 4.00. The number of amides is 3. The molecule has 4 N–H and O–H groups in total. The standard InChI is InChI=1S/C24H28F2N4O3/c1-14(2)21(29-23(32)20-17(25)8-4-9-18(20)26)24(33)28-16-7-3-6-15(12-16)13-30-11-5-10-19(30)22(27)31/h3-4,6-9,12,14,19,21H,5,10-11,13H2,1-2H3,(H2,27,31)(H,28,33)(H,29,32)/t19?,21-/m0/s1. The molecule has 0 radical (unpaired) electrons. The van der Waals surface area contributed by atoms with Crippen LogP contribution in [0.15, 0.2) is 42.5 Å². The van der Waals surface area contributed by atoms with Crippen molar-refractivity contribution < 1.29 is 23.2 Å². The maximum absolute atomic E-state index is 14.0. The molecule has 1 aliphatic rings. The molecule has 7 nitrogen and oxygen atoms in total. The Morgan fingerprint density at radius 2 is 1.79 bits per heavy atom. The van der Waals surface area contributed by atoms with Crippen LogP contribution in [0.3, 0.4) is 0 Å². The average Bonchev–Trinajstić information content (AvgIpc) is 3.20. The second-order valence-corrected chi connectivity index (χ2v) is 8.51. The molecule has 0 aliphatic carbocycles. The lowest BCUT2D eigenvalue weighted by Gasteiger charge is -2.23. The summed E-state index contributed by atoms with van der Waals surface area (Å²) in [6.07, 6.45) is 1.62. The maximum Gasteiger partial charge on any atom is 0.257 e. The van der Waals surface area contributed by atoms with E-state index in [0.29, 0.717) is 12.2 Å². The quantitative estimate of drug-likeness (QED) is 0.566. The molecule has 2 atom stereocenters. The largest absolute Gasteiger partial charge is 0.368 e. The van der Waals surface area contributed by atoms with Gasteiger partial charge in [0.05, 0.1) is 6.04 Å². The fourth-order valence-electron chi connectivity index (χ4n) is 4.00. The molecule has 2 aromatic carbocycles. The second-order valence-electron chi connectivity index (χ2n) is 8.51. The number of benzene rings is 2. The molecule has 1 unspecified atom stereocenters. The van der Waals surface area contributed by atoms with Crippen LogP contribution in [-0.4, -0.2) is 41.2 Å². The van der Waals surface area contributed by atoms with Gasteiger partial charge in [0.1, 0.15) is 23.2 Å². The second kappa shape index (κ2) is 10.5. The third-order valence-corrected chi connectivity index (χ3v) is 5.70. The molecule has 3 rings (SSSR count). The topological polar surface area (TPSA) is 105 Å². The lowest BCUT2D eigenvalue weighted by atomic mass is 10.0. The third-order valence-electron chi connectivity index (χ3n) is 5.70. The van der Waals surface area contributed by atoms with Gasteiger partial charge in [0.2, 0.25) is 11.8 Å². The number of carbonyl (C=O) groups excluding carboxylic acids is 3. The molecular weight excluding hydrogens is 430 g/mol. The highest BCUT2D eigenvalue weighted by molar-refractivity contribution is 6.01. The Morgan fingerprint density at radius 3 is 2.42 bits per heavy atom. The van der Waals surface area contributed by atoms with Gasteiger partial charge in [-0.3, -0.25) is 19.3 Å². The van der Waals surface area contributed by atoms with Crippen molar-refractivity contribution in [1.82, 2.24) is 10.2 Å². The number of primary amides is 1. The first-order chi connectivity index (χ1) is 15.7. The number of nitrogens with two attached hydrogens (primary N) is 1. The zero-order chi connectivity index (χ0) is 24.1. The zero-order valence-electron chi connectivity index (χ0n) is 18.6. The van der Waals surface area contributed by atoms with E-state index in [-0.39, 0.29) is 17.9 Å². The van der Waals surface area contributed by atoms with Gasteiger partial charge in [-0.05, 0) is 55.1 Å². The van der Waals surface area contributed by atoms with Crippen molar-refractivity contribution >= 4 is 23.4 Å². The van der Waals surface area contributed by atoms with Crippen LogP contribution in [0, 0.1) is 17.6 Å². The van der Waals surface area contributed by atoms with Crippen molar-refractivity contribution in [1.29, 1.82) is 0 Å². The zero-order valence-corrected chi connectivity index (χ0v) is 18.6.